The normalized spacial score (nSPS) is 11.4. The summed E-state index contributed by atoms with van der Waals surface area (Å²) in [5.74, 6) is -0.283. The van der Waals surface area contributed by atoms with E-state index in [2.05, 4.69) is 9.71 Å². The fourth-order valence-electron chi connectivity index (χ4n) is 2.33. The lowest BCUT2D eigenvalue weighted by Gasteiger charge is -2.19. The minimum Gasteiger partial charge on any atom is -0.342 e. The molecule has 0 aliphatic rings. The van der Waals surface area contributed by atoms with E-state index in [4.69, 9.17) is 0 Å². The molecule has 25 heavy (non-hydrogen) atoms. The van der Waals surface area contributed by atoms with Gasteiger partial charge in [0.05, 0.1) is 21.7 Å². The van der Waals surface area contributed by atoms with Gasteiger partial charge in [0, 0.05) is 31.9 Å². The predicted molar refractivity (Wildman–Crippen MR) is 99.3 cm³/mol. The first-order chi connectivity index (χ1) is 12.0. The number of thiazole rings is 1. The van der Waals surface area contributed by atoms with Crippen molar-refractivity contribution in [1.82, 2.24) is 14.6 Å². The maximum absolute atomic E-state index is 12.6. The molecule has 1 heterocycles. The highest BCUT2D eigenvalue weighted by molar-refractivity contribution is 7.89. The Kier molecular flexibility index (Phi) is 7.10. The van der Waals surface area contributed by atoms with Crippen molar-refractivity contribution >= 4 is 27.3 Å². The molecule has 136 valence electrons. The number of nitrogens with one attached hydrogen (secondary N) is 1. The molecular weight excluding hydrogens is 358 g/mol. The lowest BCUT2D eigenvalue weighted by molar-refractivity contribution is 0.0789. The zero-order chi connectivity index (χ0) is 18.3. The van der Waals surface area contributed by atoms with Crippen molar-refractivity contribution < 1.29 is 13.2 Å². The lowest BCUT2D eigenvalue weighted by Crippen LogP contribution is -2.32. The number of aromatic nitrogens is 1. The minimum atomic E-state index is -3.77. The Hall–Kier alpha value is -1.77. The van der Waals surface area contributed by atoms with Gasteiger partial charge < -0.3 is 4.90 Å². The summed E-state index contributed by atoms with van der Waals surface area (Å²) in [5, 5.41) is 1.88. The van der Waals surface area contributed by atoms with Crippen LogP contribution in [0.1, 0.15) is 35.8 Å². The van der Waals surface area contributed by atoms with Crippen LogP contribution >= 0.6 is 11.3 Å². The van der Waals surface area contributed by atoms with Crippen LogP contribution < -0.4 is 4.72 Å². The van der Waals surface area contributed by atoms with Crippen molar-refractivity contribution in [2.24, 2.45) is 0 Å². The van der Waals surface area contributed by atoms with E-state index in [0.717, 1.165) is 18.5 Å². The van der Waals surface area contributed by atoms with Gasteiger partial charge in [0.15, 0.2) is 0 Å². The highest BCUT2D eigenvalue weighted by Gasteiger charge is 2.23. The monoisotopic (exact) mass is 381 g/mol. The number of hydrogen-bond donors (Lipinski definition) is 1. The maximum Gasteiger partial charge on any atom is 0.254 e. The van der Waals surface area contributed by atoms with E-state index >= 15 is 0 Å². The largest absolute Gasteiger partial charge is 0.342 e. The Bertz CT molecular complexity index is 789. The number of nitrogens with zero attached hydrogens (tertiary/aromatic N) is 2. The topological polar surface area (TPSA) is 79.4 Å². The van der Waals surface area contributed by atoms with Crippen LogP contribution in [0.25, 0.3) is 0 Å². The van der Waals surface area contributed by atoms with Crippen LogP contribution in [0, 0.1) is 0 Å². The smallest absolute Gasteiger partial charge is 0.254 e. The van der Waals surface area contributed by atoms with Gasteiger partial charge in [-0.3, -0.25) is 4.79 Å². The van der Waals surface area contributed by atoms with Gasteiger partial charge in [-0.15, -0.1) is 11.3 Å². The number of amides is 1. The first kappa shape index (κ1) is 19.6. The number of carbonyl (C=O) groups excluding carboxylic acids is 1. The second-order valence-corrected chi connectivity index (χ2v) is 8.16. The molecular formula is C17H23N3O3S2. The molecule has 0 unspecified atom stereocenters. The van der Waals surface area contributed by atoms with Gasteiger partial charge in [-0.05, 0) is 18.6 Å². The molecule has 0 atom stereocenters. The van der Waals surface area contributed by atoms with Crippen LogP contribution in [0.2, 0.25) is 0 Å². The molecule has 2 aromatic rings. The van der Waals surface area contributed by atoms with Gasteiger partial charge in [0.2, 0.25) is 10.0 Å². The Morgan fingerprint density at radius 2 is 2.08 bits per heavy atom. The summed E-state index contributed by atoms with van der Waals surface area (Å²) in [6, 6.07) is 6.32. The van der Waals surface area contributed by atoms with Crippen LogP contribution in [0.15, 0.2) is 40.1 Å². The Labute approximate surface area is 153 Å². The van der Waals surface area contributed by atoms with Gasteiger partial charge >= 0.3 is 0 Å². The fraction of sp³-hybridized carbons (Fsp3) is 0.412. The first-order valence-corrected chi connectivity index (χ1v) is 10.6. The third-order valence-corrected chi connectivity index (χ3v) is 5.91. The minimum absolute atomic E-state index is 0.0154. The molecule has 0 aliphatic carbocycles. The maximum atomic E-state index is 12.6. The Morgan fingerprint density at radius 1 is 1.32 bits per heavy atom. The standard InChI is InChI=1S/C17H23N3O3S2/c1-3-4-11-20(2)17(21)15-7-5-6-8-16(15)25(22,23)19-10-9-14-12-24-13-18-14/h5-8,12-13,19H,3-4,9-11H2,1-2H3. The summed E-state index contributed by atoms with van der Waals surface area (Å²) >= 11 is 1.47. The first-order valence-electron chi connectivity index (χ1n) is 8.17. The number of carbonyl (C=O) groups is 1. The molecule has 0 saturated carbocycles. The number of rotatable bonds is 9. The summed E-state index contributed by atoms with van der Waals surface area (Å²) in [7, 11) is -2.07. The van der Waals surface area contributed by atoms with E-state index in [9.17, 15) is 13.2 Å². The van der Waals surface area contributed by atoms with Crippen molar-refractivity contribution in [3.63, 3.8) is 0 Å². The van der Waals surface area contributed by atoms with Crippen molar-refractivity contribution in [3.8, 4) is 0 Å². The molecule has 0 saturated heterocycles. The molecule has 0 spiro atoms. The van der Waals surface area contributed by atoms with E-state index < -0.39 is 10.0 Å². The molecule has 0 bridgehead atoms. The second-order valence-electron chi connectivity index (χ2n) is 5.70. The fourth-order valence-corrected chi connectivity index (χ4v) is 4.15. The molecule has 2 rings (SSSR count). The van der Waals surface area contributed by atoms with Gasteiger partial charge in [0.1, 0.15) is 0 Å². The van der Waals surface area contributed by atoms with E-state index in [0.29, 0.717) is 13.0 Å². The summed E-state index contributed by atoms with van der Waals surface area (Å²) in [4.78, 5) is 18.3. The number of unbranched alkanes of at least 4 members (excludes halogenated alkanes) is 1. The predicted octanol–water partition coefficient (Wildman–Crippen LogP) is 2.54. The molecule has 1 N–H and O–H groups in total. The molecule has 1 amide bonds. The van der Waals surface area contributed by atoms with E-state index in [1.54, 1.807) is 35.7 Å². The highest BCUT2D eigenvalue weighted by atomic mass is 32.2. The van der Waals surface area contributed by atoms with E-state index in [1.165, 1.54) is 17.4 Å². The molecule has 0 aliphatic heterocycles. The summed E-state index contributed by atoms with van der Waals surface area (Å²) in [6.07, 6.45) is 2.36. The van der Waals surface area contributed by atoms with Gasteiger partial charge in [0.25, 0.3) is 5.91 Å². The van der Waals surface area contributed by atoms with Crippen LogP contribution in [-0.4, -0.2) is 44.3 Å². The highest BCUT2D eigenvalue weighted by Crippen LogP contribution is 2.17. The quantitative estimate of drug-likeness (QED) is 0.724. The van der Waals surface area contributed by atoms with Crippen molar-refractivity contribution in [3.05, 3.63) is 46.4 Å². The number of benzene rings is 1. The van der Waals surface area contributed by atoms with Crippen molar-refractivity contribution in [1.29, 1.82) is 0 Å². The molecule has 0 radical (unpaired) electrons. The average molecular weight is 382 g/mol. The molecule has 6 nitrogen and oxygen atoms in total. The summed E-state index contributed by atoms with van der Waals surface area (Å²) in [5.41, 5.74) is 2.75. The summed E-state index contributed by atoms with van der Waals surface area (Å²) < 4.78 is 27.8. The summed E-state index contributed by atoms with van der Waals surface area (Å²) in [6.45, 7) is 2.88. The Balaban J connectivity index is 2.13. The lowest BCUT2D eigenvalue weighted by atomic mass is 10.2. The van der Waals surface area contributed by atoms with Gasteiger partial charge in [-0.25, -0.2) is 18.1 Å². The van der Waals surface area contributed by atoms with Gasteiger partial charge in [-0.2, -0.15) is 0 Å². The third-order valence-electron chi connectivity index (χ3n) is 3.76. The van der Waals surface area contributed by atoms with E-state index in [-0.39, 0.29) is 22.9 Å². The van der Waals surface area contributed by atoms with Crippen LogP contribution in [-0.2, 0) is 16.4 Å². The molecule has 0 fully saturated rings. The average Bonchev–Trinajstić information content (AvgIpc) is 3.12. The van der Waals surface area contributed by atoms with Crippen molar-refractivity contribution in [2.75, 3.05) is 20.1 Å². The van der Waals surface area contributed by atoms with Crippen molar-refractivity contribution in [2.45, 2.75) is 31.1 Å². The zero-order valence-electron chi connectivity index (χ0n) is 14.4. The van der Waals surface area contributed by atoms with Gasteiger partial charge in [-0.1, -0.05) is 25.5 Å². The second kappa shape index (κ2) is 9.07. The molecule has 1 aromatic heterocycles. The van der Waals surface area contributed by atoms with Crippen LogP contribution in [0.4, 0.5) is 0 Å². The number of sulfonamides is 1. The molecule has 8 heteroatoms. The molecule has 1 aromatic carbocycles. The van der Waals surface area contributed by atoms with Crippen LogP contribution in [0.3, 0.4) is 0 Å². The van der Waals surface area contributed by atoms with E-state index in [1.807, 2.05) is 12.3 Å². The SMILES string of the molecule is CCCCN(C)C(=O)c1ccccc1S(=O)(=O)NCCc1cscn1. The van der Waals surface area contributed by atoms with Crippen LogP contribution in [0.5, 0.6) is 0 Å². The Morgan fingerprint density at radius 3 is 2.76 bits per heavy atom. The zero-order valence-corrected chi connectivity index (χ0v) is 16.1. The number of hydrogen-bond acceptors (Lipinski definition) is 5. The third kappa shape index (κ3) is 5.35.